The lowest BCUT2D eigenvalue weighted by molar-refractivity contribution is -0.123. The molecule has 0 radical (unpaired) electrons. The molecule has 24 heavy (non-hydrogen) atoms. The van der Waals surface area contributed by atoms with Crippen LogP contribution in [0, 0.1) is 6.92 Å². The quantitative estimate of drug-likeness (QED) is 0.819. The molecular formula is C17H26N2O4S. The Morgan fingerprint density at radius 1 is 1.25 bits per heavy atom. The van der Waals surface area contributed by atoms with Gasteiger partial charge in [-0.25, -0.2) is 8.42 Å². The Bertz CT molecular complexity index is 682. The van der Waals surface area contributed by atoms with Gasteiger partial charge in [-0.3, -0.25) is 4.79 Å². The van der Waals surface area contributed by atoms with E-state index >= 15 is 0 Å². The lowest BCUT2D eigenvalue weighted by Crippen LogP contribution is -2.48. The molecule has 2 N–H and O–H groups in total. The SMILES string of the molecule is COc1ccc(S(=O)(=O)NC(C)C(=O)NC2CCCCC2)cc1C. The summed E-state index contributed by atoms with van der Waals surface area (Å²) in [5, 5.41) is 2.94. The highest BCUT2D eigenvalue weighted by Gasteiger charge is 2.24. The van der Waals surface area contributed by atoms with Gasteiger partial charge in [-0.1, -0.05) is 19.3 Å². The fraction of sp³-hybridized carbons (Fsp3) is 0.588. The summed E-state index contributed by atoms with van der Waals surface area (Å²) in [7, 11) is -2.23. The first-order valence-corrected chi connectivity index (χ1v) is 9.79. The summed E-state index contributed by atoms with van der Waals surface area (Å²) < 4.78 is 32.5. The molecule has 1 amide bonds. The van der Waals surface area contributed by atoms with E-state index in [4.69, 9.17) is 4.74 Å². The summed E-state index contributed by atoms with van der Waals surface area (Å²) in [4.78, 5) is 12.4. The molecule has 1 atom stereocenters. The van der Waals surface area contributed by atoms with E-state index in [-0.39, 0.29) is 16.8 Å². The van der Waals surface area contributed by atoms with Crippen LogP contribution in [-0.4, -0.2) is 33.5 Å². The zero-order chi connectivity index (χ0) is 17.7. The van der Waals surface area contributed by atoms with Crippen LogP contribution in [0.5, 0.6) is 5.75 Å². The molecule has 7 heteroatoms. The maximum Gasteiger partial charge on any atom is 0.241 e. The van der Waals surface area contributed by atoms with E-state index in [1.807, 2.05) is 0 Å². The monoisotopic (exact) mass is 354 g/mol. The molecule has 1 unspecified atom stereocenters. The van der Waals surface area contributed by atoms with Gasteiger partial charge < -0.3 is 10.1 Å². The van der Waals surface area contributed by atoms with E-state index in [2.05, 4.69) is 10.0 Å². The number of ether oxygens (including phenoxy) is 1. The third-order valence-corrected chi connectivity index (χ3v) is 5.89. The molecule has 1 aliphatic carbocycles. The average molecular weight is 354 g/mol. The average Bonchev–Trinajstić information content (AvgIpc) is 2.55. The zero-order valence-electron chi connectivity index (χ0n) is 14.5. The van der Waals surface area contributed by atoms with Gasteiger partial charge in [-0.15, -0.1) is 0 Å². The molecule has 1 aromatic rings. The second-order valence-electron chi connectivity index (χ2n) is 6.32. The van der Waals surface area contributed by atoms with Crippen LogP contribution in [0.3, 0.4) is 0 Å². The standard InChI is InChI=1S/C17H26N2O4S/c1-12-11-15(9-10-16(12)23-3)24(21,22)19-13(2)17(20)18-14-7-5-4-6-8-14/h9-11,13-14,19H,4-8H2,1-3H3,(H,18,20). The summed E-state index contributed by atoms with van der Waals surface area (Å²) >= 11 is 0. The van der Waals surface area contributed by atoms with Gasteiger partial charge in [0.1, 0.15) is 5.75 Å². The summed E-state index contributed by atoms with van der Waals surface area (Å²) in [5.41, 5.74) is 0.722. The Morgan fingerprint density at radius 2 is 1.92 bits per heavy atom. The molecular weight excluding hydrogens is 328 g/mol. The minimum absolute atomic E-state index is 0.123. The molecule has 0 heterocycles. The first kappa shape index (κ1) is 18.7. The molecule has 1 saturated carbocycles. The van der Waals surface area contributed by atoms with Crippen molar-refractivity contribution in [3.05, 3.63) is 23.8 Å². The van der Waals surface area contributed by atoms with Crippen LogP contribution in [0.1, 0.15) is 44.6 Å². The van der Waals surface area contributed by atoms with Crippen LogP contribution < -0.4 is 14.8 Å². The van der Waals surface area contributed by atoms with Gasteiger partial charge >= 0.3 is 0 Å². The van der Waals surface area contributed by atoms with Crippen molar-refractivity contribution >= 4 is 15.9 Å². The molecule has 1 aliphatic rings. The number of methoxy groups -OCH3 is 1. The Balaban J connectivity index is 2.01. The van der Waals surface area contributed by atoms with Crippen molar-refractivity contribution in [3.63, 3.8) is 0 Å². The highest BCUT2D eigenvalue weighted by atomic mass is 32.2. The van der Waals surface area contributed by atoms with Gasteiger partial charge in [0.25, 0.3) is 0 Å². The van der Waals surface area contributed by atoms with Gasteiger partial charge in [-0.05, 0) is 50.5 Å². The van der Waals surface area contributed by atoms with Gasteiger partial charge in [0.05, 0.1) is 18.0 Å². The van der Waals surface area contributed by atoms with E-state index in [9.17, 15) is 13.2 Å². The van der Waals surface area contributed by atoms with Crippen molar-refractivity contribution in [2.24, 2.45) is 0 Å². The van der Waals surface area contributed by atoms with E-state index < -0.39 is 16.1 Å². The summed E-state index contributed by atoms with van der Waals surface area (Å²) in [6.07, 6.45) is 5.34. The van der Waals surface area contributed by atoms with E-state index in [0.717, 1.165) is 31.2 Å². The predicted octanol–water partition coefficient (Wildman–Crippen LogP) is 2.12. The number of benzene rings is 1. The number of rotatable bonds is 6. The summed E-state index contributed by atoms with van der Waals surface area (Å²) in [6, 6.07) is 3.95. The highest BCUT2D eigenvalue weighted by Crippen LogP contribution is 2.21. The molecule has 0 aromatic heterocycles. The number of nitrogens with one attached hydrogen (secondary N) is 2. The van der Waals surface area contributed by atoms with E-state index in [1.165, 1.54) is 25.7 Å². The van der Waals surface area contributed by atoms with E-state index in [1.54, 1.807) is 19.9 Å². The van der Waals surface area contributed by atoms with Gasteiger partial charge in [0, 0.05) is 6.04 Å². The van der Waals surface area contributed by atoms with Gasteiger partial charge in [0.15, 0.2) is 0 Å². The molecule has 1 fully saturated rings. The van der Waals surface area contributed by atoms with Crippen molar-refractivity contribution in [1.82, 2.24) is 10.0 Å². The maximum absolute atomic E-state index is 12.5. The Labute approximate surface area is 144 Å². The Kier molecular flexibility index (Phi) is 6.23. The first-order chi connectivity index (χ1) is 11.3. The number of hydrogen-bond donors (Lipinski definition) is 2. The van der Waals surface area contributed by atoms with Crippen molar-refractivity contribution in [3.8, 4) is 5.75 Å². The molecule has 0 aliphatic heterocycles. The van der Waals surface area contributed by atoms with Gasteiger partial charge in [-0.2, -0.15) is 4.72 Å². The number of hydrogen-bond acceptors (Lipinski definition) is 4. The molecule has 6 nitrogen and oxygen atoms in total. The number of carbonyl (C=O) groups is 1. The lowest BCUT2D eigenvalue weighted by Gasteiger charge is -2.24. The number of carbonyl (C=O) groups excluding carboxylic acids is 1. The fourth-order valence-corrected chi connectivity index (χ4v) is 4.23. The van der Waals surface area contributed by atoms with Crippen molar-refractivity contribution in [1.29, 1.82) is 0 Å². The zero-order valence-corrected chi connectivity index (χ0v) is 15.3. The third-order valence-electron chi connectivity index (χ3n) is 4.35. The van der Waals surface area contributed by atoms with Gasteiger partial charge in [0.2, 0.25) is 15.9 Å². The molecule has 0 saturated heterocycles. The lowest BCUT2D eigenvalue weighted by atomic mass is 9.95. The molecule has 0 spiro atoms. The molecule has 2 rings (SSSR count). The predicted molar refractivity (Wildman–Crippen MR) is 92.5 cm³/mol. The molecule has 134 valence electrons. The smallest absolute Gasteiger partial charge is 0.241 e. The number of amides is 1. The largest absolute Gasteiger partial charge is 0.496 e. The van der Waals surface area contributed by atoms with Crippen molar-refractivity contribution in [2.75, 3.05) is 7.11 Å². The minimum Gasteiger partial charge on any atom is -0.496 e. The van der Waals surface area contributed by atoms with Crippen LogP contribution in [0.4, 0.5) is 0 Å². The normalized spacial score (nSPS) is 17.3. The topological polar surface area (TPSA) is 84.5 Å². The second kappa shape index (κ2) is 7.98. The second-order valence-corrected chi connectivity index (χ2v) is 8.03. The Hall–Kier alpha value is -1.60. The molecule has 0 bridgehead atoms. The number of aryl methyl sites for hydroxylation is 1. The maximum atomic E-state index is 12.5. The fourth-order valence-electron chi connectivity index (χ4n) is 2.95. The summed E-state index contributed by atoms with van der Waals surface area (Å²) in [6.45, 7) is 3.34. The van der Waals surface area contributed by atoms with E-state index in [0.29, 0.717) is 5.75 Å². The minimum atomic E-state index is -3.76. The highest BCUT2D eigenvalue weighted by molar-refractivity contribution is 7.89. The number of sulfonamides is 1. The van der Waals surface area contributed by atoms with Crippen LogP contribution in [-0.2, 0) is 14.8 Å². The van der Waals surface area contributed by atoms with Crippen LogP contribution in [0.15, 0.2) is 23.1 Å². The first-order valence-electron chi connectivity index (χ1n) is 8.31. The third kappa shape index (κ3) is 4.70. The van der Waals surface area contributed by atoms with Crippen LogP contribution in [0.2, 0.25) is 0 Å². The summed E-state index contributed by atoms with van der Waals surface area (Å²) in [5.74, 6) is 0.341. The van der Waals surface area contributed by atoms with Crippen LogP contribution in [0.25, 0.3) is 0 Å². The Morgan fingerprint density at radius 3 is 2.50 bits per heavy atom. The van der Waals surface area contributed by atoms with Crippen molar-refractivity contribution < 1.29 is 17.9 Å². The van der Waals surface area contributed by atoms with Crippen molar-refractivity contribution in [2.45, 2.75) is 62.9 Å². The van der Waals surface area contributed by atoms with Crippen LogP contribution >= 0.6 is 0 Å². The molecule has 1 aromatic carbocycles.